The highest BCUT2D eigenvalue weighted by atomic mass is 16.6. The molecule has 2 aliphatic carbocycles. The molecule has 6 heteroatoms. The van der Waals surface area contributed by atoms with Crippen LogP contribution in [0.4, 0.5) is 0 Å². The molecule has 2 N–H and O–H groups in total. The van der Waals surface area contributed by atoms with Gasteiger partial charge in [-0.1, -0.05) is 179 Å². The first kappa shape index (κ1) is 57.5. The second-order valence-corrected chi connectivity index (χ2v) is 20.7. The Morgan fingerprint density at radius 1 is 0.662 bits per heavy atom. The van der Waals surface area contributed by atoms with Crippen molar-refractivity contribution in [2.24, 2.45) is 10.8 Å². The minimum absolute atomic E-state index is 0.0635. The highest BCUT2D eigenvalue weighted by Crippen LogP contribution is 2.67. The Kier molecular flexibility index (Phi) is 23.6. The van der Waals surface area contributed by atoms with E-state index in [4.69, 9.17) is 9.47 Å². The van der Waals surface area contributed by atoms with Crippen molar-refractivity contribution < 1.29 is 29.3 Å². The fraction of sp³-hybridized carbons (Fsp3) is 0.500. The Labute approximate surface area is 412 Å². The fourth-order valence-corrected chi connectivity index (χ4v) is 9.61. The topological polar surface area (TPSA) is 96.4 Å². The van der Waals surface area contributed by atoms with Crippen LogP contribution in [-0.4, -0.2) is 51.0 Å². The minimum atomic E-state index is -1.08. The molecule has 5 atom stereocenters. The number of ketones is 1. The maximum atomic E-state index is 13.5. The number of aliphatic hydroxyl groups is 2. The number of fused-ring (bicyclic) bond motifs is 1. The lowest BCUT2D eigenvalue weighted by Crippen LogP contribution is -2.49. The van der Waals surface area contributed by atoms with Crippen molar-refractivity contribution in [1.29, 1.82) is 0 Å². The number of Topliss-reactive ketones (excluding diaryl/α,β-unsaturated/α-hetero) is 1. The largest absolute Gasteiger partial charge is 0.462 e. The van der Waals surface area contributed by atoms with Crippen LogP contribution in [0.3, 0.4) is 0 Å². The number of carbonyl (C=O) groups excluding carboxylic acids is 2. The summed E-state index contributed by atoms with van der Waals surface area (Å²) < 4.78 is 12.4. The molecule has 2 saturated carbocycles. The Balaban J connectivity index is 1.38. The highest BCUT2D eigenvalue weighted by Gasteiger charge is 2.76. The molecule has 0 aromatic carbocycles. The highest BCUT2D eigenvalue weighted by molar-refractivity contribution is 5.96. The van der Waals surface area contributed by atoms with Crippen LogP contribution in [0.1, 0.15) is 160 Å². The van der Waals surface area contributed by atoms with Crippen molar-refractivity contribution >= 4 is 11.8 Å². The number of allylic oxidation sites excluding steroid dienone is 26. The van der Waals surface area contributed by atoms with Crippen molar-refractivity contribution in [3.05, 3.63) is 173 Å². The van der Waals surface area contributed by atoms with E-state index in [1.54, 1.807) is 6.92 Å². The SMILES string of the molecule is CC/C=C\C/C=C\C/C=C\C/C=C\C/C=C\C/C=C\CCC(=O)O[C@H]1CC(C)(C)[C@]2(CC(=O)/C(C)=C/C=C/C(C)=C/C=C/C=C(C)/C=C/C=C(\C)C=C=C3C(C)(C)C[C@H](O)C[C@@]3(C)O)O[C@]2(C)C1. The van der Waals surface area contributed by atoms with Crippen molar-refractivity contribution in [3.8, 4) is 0 Å². The molecule has 3 fully saturated rings. The van der Waals surface area contributed by atoms with Crippen LogP contribution in [0.15, 0.2) is 173 Å². The van der Waals surface area contributed by atoms with E-state index in [2.05, 4.69) is 106 Å². The van der Waals surface area contributed by atoms with Gasteiger partial charge in [0.1, 0.15) is 11.7 Å². The molecule has 0 spiro atoms. The van der Waals surface area contributed by atoms with Crippen molar-refractivity contribution in [3.63, 3.8) is 0 Å². The summed E-state index contributed by atoms with van der Waals surface area (Å²) in [6, 6.07) is 0. The van der Waals surface area contributed by atoms with Gasteiger partial charge < -0.3 is 19.7 Å². The Morgan fingerprint density at radius 2 is 1.16 bits per heavy atom. The van der Waals surface area contributed by atoms with Gasteiger partial charge in [-0.15, -0.1) is 5.73 Å². The predicted molar refractivity (Wildman–Crippen MR) is 286 cm³/mol. The monoisotopic (exact) mass is 927 g/mol. The average Bonchev–Trinajstić information content (AvgIpc) is 3.86. The van der Waals surface area contributed by atoms with Gasteiger partial charge in [-0.25, -0.2) is 0 Å². The average molecular weight is 927 g/mol. The quantitative estimate of drug-likeness (QED) is 0.0236. The molecule has 0 radical (unpaired) electrons. The molecule has 0 unspecified atom stereocenters. The molecule has 370 valence electrons. The summed E-state index contributed by atoms with van der Waals surface area (Å²) in [6.45, 7) is 22.2. The van der Waals surface area contributed by atoms with E-state index in [1.165, 1.54) is 0 Å². The summed E-state index contributed by atoms with van der Waals surface area (Å²) in [6.07, 6.45) is 56.4. The molecule has 6 nitrogen and oxygen atoms in total. The molecule has 0 aromatic rings. The van der Waals surface area contributed by atoms with Crippen molar-refractivity contribution in [2.45, 2.75) is 189 Å². The molecule has 1 heterocycles. The van der Waals surface area contributed by atoms with E-state index < -0.39 is 22.9 Å². The standard InChI is InChI=1S/C62H86O6/c1-12-13-14-15-16-17-18-19-20-21-22-23-24-25-26-27-28-29-30-41-57(65)67-54-46-59(8,9)62(61(11,47-54)68-62)48-55(64)52(5)40-34-39-50(3)36-32-31-35-49(2)37-33-38-51(4)42-43-56-58(6,7)44-53(63)45-60(56,10)66/h13-14,16-17,19-20,22-23,25-26,28-29,31-40,42,53-54,63,66H,12,15,18,21,24,27,30,41,44-48H2,1-11H3/b14-13-,17-16-,20-19-,23-22-,26-25-,29-28-,32-31+,37-33+,39-34+,49-35+,50-36+,51-38+,52-40+/t43?,53-,54-,60+,61+,62-/m0/s1. The summed E-state index contributed by atoms with van der Waals surface area (Å²) >= 11 is 0. The fourth-order valence-electron chi connectivity index (χ4n) is 9.61. The van der Waals surface area contributed by atoms with Gasteiger partial charge in [0, 0.05) is 36.7 Å². The number of carbonyl (C=O) groups is 2. The van der Waals surface area contributed by atoms with Crippen LogP contribution < -0.4 is 0 Å². The second-order valence-electron chi connectivity index (χ2n) is 20.7. The van der Waals surface area contributed by atoms with Gasteiger partial charge in [-0.2, -0.15) is 0 Å². The third-order valence-electron chi connectivity index (χ3n) is 13.2. The second kappa shape index (κ2) is 28.0. The van der Waals surface area contributed by atoms with E-state index >= 15 is 0 Å². The summed E-state index contributed by atoms with van der Waals surface area (Å²) in [5, 5.41) is 21.1. The van der Waals surface area contributed by atoms with Gasteiger partial charge in [-0.05, 0) is 122 Å². The van der Waals surface area contributed by atoms with Gasteiger partial charge >= 0.3 is 5.97 Å². The van der Waals surface area contributed by atoms with Crippen LogP contribution >= 0.6 is 0 Å². The lowest BCUT2D eigenvalue weighted by atomic mass is 9.61. The van der Waals surface area contributed by atoms with Gasteiger partial charge in [0.05, 0.1) is 17.3 Å². The Bertz CT molecular complexity index is 2140. The van der Waals surface area contributed by atoms with Crippen LogP contribution in [0.5, 0.6) is 0 Å². The summed E-state index contributed by atoms with van der Waals surface area (Å²) in [5.74, 6) is -0.127. The first-order valence-electron chi connectivity index (χ1n) is 25.1. The molecule has 1 saturated heterocycles. The van der Waals surface area contributed by atoms with Crippen LogP contribution in [0.2, 0.25) is 0 Å². The van der Waals surface area contributed by atoms with Gasteiger partial charge in [-0.3, -0.25) is 9.59 Å². The maximum absolute atomic E-state index is 13.5. The van der Waals surface area contributed by atoms with E-state index in [0.29, 0.717) is 50.5 Å². The number of ether oxygens (including phenoxy) is 2. The van der Waals surface area contributed by atoms with Gasteiger partial charge in [0.15, 0.2) is 5.78 Å². The first-order valence-corrected chi connectivity index (χ1v) is 25.1. The Hall–Kier alpha value is -4.84. The number of hydrogen-bond donors (Lipinski definition) is 2. The molecule has 1 aliphatic heterocycles. The number of esters is 1. The molecule has 68 heavy (non-hydrogen) atoms. The molecular weight excluding hydrogens is 841 g/mol. The van der Waals surface area contributed by atoms with Crippen LogP contribution in [-0.2, 0) is 19.1 Å². The summed E-state index contributed by atoms with van der Waals surface area (Å²) in [7, 11) is 0. The number of hydrogen-bond acceptors (Lipinski definition) is 6. The zero-order valence-electron chi connectivity index (χ0n) is 43.7. The van der Waals surface area contributed by atoms with E-state index in [9.17, 15) is 19.8 Å². The molecule has 3 aliphatic rings. The lowest BCUT2D eigenvalue weighted by Gasteiger charge is -2.43. The van der Waals surface area contributed by atoms with Crippen LogP contribution in [0, 0.1) is 10.8 Å². The summed E-state index contributed by atoms with van der Waals surface area (Å²) in [5.41, 5.74) is 5.14. The maximum Gasteiger partial charge on any atom is 0.306 e. The third kappa shape index (κ3) is 19.3. The Morgan fingerprint density at radius 3 is 1.68 bits per heavy atom. The van der Waals surface area contributed by atoms with Crippen molar-refractivity contribution in [1.82, 2.24) is 0 Å². The smallest absolute Gasteiger partial charge is 0.306 e. The van der Waals surface area contributed by atoms with Gasteiger partial charge in [0.25, 0.3) is 0 Å². The minimum Gasteiger partial charge on any atom is -0.462 e. The van der Waals surface area contributed by atoms with Crippen molar-refractivity contribution in [2.75, 3.05) is 0 Å². The number of rotatable bonds is 25. The van der Waals surface area contributed by atoms with Crippen LogP contribution in [0.25, 0.3) is 0 Å². The summed E-state index contributed by atoms with van der Waals surface area (Å²) in [4.78, 5) is 26.4. The number of aliphatic hydroxyl groups excluding tert-OH is 1. The van der Waals surface area contributed by atoms with E-state index in [0.717, 1.165) is 60.8 Å². The molecule has 3 rings (SSSR count). The molecular formula is C62H86O6. The number of epoxide rings is 1. The third-order valence-corrected chi connectivity index (χ3v) is 13.2. The molecule has 0 aromatic heterocycles. The van der Waals surface area contributed by atoms with E-state index in [-0.39, 0.29) is 28.7 Å². The zero-order valence-corrected chi connectivity index (χ0v) is 43.7. The molecule has 0 bridgehead atoms. The molecule has 0 amide bonds. The normalized spacial score (nSPS) is 27.1. The first-order chi connectivity index (χ1) is 32.2. The van der Waals surface area contributed by atoms with Gasteiger partial charge in [0.2, 0.25) is 0 Å². The zero-order chi connectivity index (χ0) is 50.3. The van der Waals surface area contributed by atoms with E-state index in [1.807, 2.05) is 108 Å². The lowest BCUT2D eigenvalue weighted by molar-refractivity contribution is -0.153. The predicted octanol–water partition coefficient (Wildman–Crippen LogP) is 15.2.